The van der Waals surface area contributed by atoms with Crippen molar-refractivity contribution >= 4 is 0 Å². The maximum absolute atomic E-state index is 9.22. The van der Waals surface area contributed by atoms with Gasteiger partial charge in [0.1, 0.15) is 6.17 Å². The number of nitrogens with zero attached hydrogens (tertiary/aromatic N) is 4. The van der Waals surface area contributed by atoms with Crippen molar-refractivity contribution in [3.63, 3.8) is 0 Å². The molecule has 74 valence electrons. The van der Waals surface area contributed by atoms with Crippen LogP contribution in [-0.4, -0.2) is 75.6 Å². The normalized spacial score (nSPS) is 53.3. The summed E-state index contributed by atoms with van der Waals surface area (Å²) in [6, 6.07) is 0. The van der Waals surface area contributed by atoms with Gasteiger partial charge < -0.3 is 10.2 Å². The zero-order valence-corrected chi connectivity index (χ0v) is 7.37. The summed E-state index contributed by atoms with van der Waals surface area (Å²) < 4.78 is 0. The van der Waals surface area contributed by atoms with Gasteiger partial charge in [0.05, 0.1) is 33.3 Å². The van der Waals surface area contributed by atoms with Crippen molar-refractivity contribution in [1.29, 1.82) is 0 Å². The van der Waals surface area contributed by atoms with Crippen LogP contribution in [0.5, 0.6) is 0 Å². The van der Waals surface area contributed by atoms with E-state index in [2.05, 4.69) is 19.6 Å². The average molecular weight is 186 g/mol. The van der Waals surface area contributed by atoms with E-state index in [1.165, 1.54) is 0 Å². The third-order valence-electron chi connectivity index (χ3n) is 2.94. The lowest BCUT2D eigenvalue weighted by Crippen LogP contribution is -2.77. The second-order valence-corrected chi connectivity index (χ2v) is 4.05. The van der Waals surface area contributed by atoms with Crippen molar-refractivity contribution in [1.82, 2.24) is 19.6 Å². The lowest BCUT2D eigenvalue weighted by atomic mass is 10.2. The minimum absolute atomic E-state index is 0.201. The highest BCUT2D eigenvalue weighted by molar-refractivity contribution is 4.88. The third kappa shape index (κ3) is 1.11. The van der Waals surface area contributed by atoms with Crippen LogP contribution < -0.4 is 0 Å². The van der Waals surface area contributed by atoms with E-state index in [4.69, 9.17) is 0 Å². The molecule has 6 heteroatoms. The molecule has 4 aliphatic rings. The predicted octanol–water partition coefficient (Wildman–Crippen LogP) is -2.34. The molecule has 2 N–H and O–H groups in total. The topological polar surface area (TPSA) is 53.4 Å². The number of hydrogen-bond acceptors (Lipinski definition) is 6. The summed E-state index contributed by atoms with van der Waals surface area (Å²) in [6.45, 7) is 4.44. The molecule has 0 radical (unpaired) electrons. The van der Waals surface area contributed by atoms with E-state index in [-0.39, 0.29) is 6.17 Å². The highest BCUT2D eigenvalue weighted by atomic mass is 16.5. The van der Waals surface area contributed by atoms with Crippen LogP contribution in [0, 0.1) is 0 Å². The van der Waals surface area contributed by atoms with Crippen molar-refractivity contribution in [3.05, 3.63) is 0 Å². The molecule has 4 saturated heterocycles. The fraction of sp³-hybridized carbons (Fsp3) is 1.00. The van der Waals surface area contributed by atoms with Crippen LogP contribution in [-0.2, 0) is 0 Å². The molecule has 0 aromatic heterocycles. The van der Waals surface area contributed by atoms with Gasteiger partial charge in [0.2, 0.25) is 0 Å². The number of rotatable bonds is 1. The third-order valence-corrected chi connectivity index (χ3v) is 2.94. The van der Waals surface area contributed by atoms with Gasteiger partial charge in [0.25, 0.3) is 0 Å². The fourth-order valence-corrected chi connectivity index (χ4v) is 2.61. The largest absolute Gasteiger partial charge is 0.366 e. The molecule has 0 atom stereocenters. The van der Waals surface area contributed by atoms with Crippen molar-refractivity contribution in [3.8, 4) is 0 Å². The molecule has 4 heterocycles. The molecule has 4 fully saturated rings. The highest BCUT2D eigenvalue weighted by Crippen LogP contribution is 2.27. The zero-order valence-electron chi connectivity index (χ0n) is 7.37. The Balaban J connectivity index is 1.85. The van der Waals surface area contributed by atoms with Gasteiger partial charge in [-0.2, -0.15) is 0 Å². The Bertz CT molecular complexity index is 195. The molecular weight excluding hydrogens is 172 g/mol. The van der Waals surface area contributed by atoms with E-state index in [1.807, 2.05) is 0 Å². The van der Waals surface area contributed by atoms with E-state index < -0.39 is 6.29 Å². The van der Waals surface area contributed by atoms with E-state index in [9.17, 15) is 10.2 Å². The van der Waals surface area contributed by atoms with Gasteiger partial charge in [-0.15, -0.1) is 0 Å². The van der Waals surface area contributed by atoms with Crippen molar-refractivity contribution in [2.75, 3.05) is 33.3 Å². The Morgan fingerprint density at radius 1 is 0.846 bits per heavy atom. The Labute approximate surface area is 76.5 Å². The molecule has 4 rings (SSSR count). The van der Waals surface area contributed by atoms with Gasteiger partial charge in [-0.05, 0) is 0 Å². The summed E-state index contributed by atoms with van der Waals surface area (Å²) >= 11 is 0. The van der Waals surface area contributed by atoms with E-state index in [1.54, 1.807) is 0 Å². The van der Waals surface area contributed by atoms with Crippen LogP contribution in [0.4, 0.5) is 0 Å². The van der Waals surface area contributed by atoms with Gasteiger partial charge >= 0.3 is 0 Å². The summed E-state index contributed by atoms with van der Waals surface area (Å²) in [6.07, 6.45) is -1.45. The SMILES string of the molecule is OC(O)C1N2CN3CN(C2)CN1C3. The predicted molar refractivity (Wildman–Crippen MR) is 43.7 cm³/mol. The van der Waals surface area contributed by atoms with Gasteiger partial charge in [-0.1, -0.05) is 0 Å². The molecule has 0 spiro atoms. The molecule has 0 saturated carbocycles. The molecule has 6 nitrogen and oxygen atoms in total. The van der Waals surface area contributed by atoms with E-state index >= 15 is 0 Å². The van der Waals surface area contributed by atoms with Crippen molar-refractivity contribution in [2.45, 2.75) is 12.5 Å². The molecule has 0 unspecified atom stereocenters. The maximum Gasteiger partial charge on any atom is 0.181 e. The van der Waals surface area contributed by atoms with Crippen molar-refractivity contribution in [2.24, 2.45) is 0 Å². The van der Waals surface area contributed by atoms with Crippen LogP contribution in [0.25, 0.3) is 0 Å². The standard InChI is InChI=1S/C7H14N4O2/c12-7(13)6-10-2-8-1-9(4-10)5-11(6)3-8/h6-7,12-13H,1-5H2. The minimum atomic E-state index is -1.25. The first-order chi connectivity index (χ1) is 6.24. The molecule has 13 heavy (non-hydrogen) atoms. The summed E-state index contributed by atoms with van der Waals surface area (Å²) in [4.78, 5) is 8.74. The fourth-order valence-electron chi connectivity index (χ4n) is 2.61. The van der Waals surface area contributed by atoms with E-state index in [0.29, 0.717) is 0 Å². The highest BCUT2D eigenvalue weighted by Gasteiger charge is 2.45. The summed E-state index contributed by atoms with van der Waals surface area (Å²) in [5, 5.41) is 18.4. The molecular formula is C7H14N4O2. The molecule has 0 aromatic carbocycles. The second-order valence-electron chi connectivity index (χ2n) is 4.05. The summed E-state index contributed by atoms with van der Waals surface area (Å²) in [7, 11) is 0. The van der Waals surface area contributed by atoms with Gasteiger partial charge in [-0.25, -0.2) is 0 Å². The van der Waals surface area contributed by atoms with Crippen LogP contribution in [0.3, 0.4) is 0 Å². The number of aliphatic hydroxyl groups is 2. The van der Waals surface area contributed by atoms with Crippen LogP contribution >= 0.6 is 0 Å². The molecule has 0 aliphatic carbocycles. The van der Waals surface area contributed by atoms with Gasteiger partial charge in [0.15, 0.2) is 6.29 Å². The molecule has 4 bridgehead atoms. The Morgan fingerprint density at radius 2 is 1.31 bits per heavy atom. The quantitative estimate of drug-likeness (QED) is 0.448. The van der Waals surface area contributed by atoms with Gasteiger partial charge in [-0.3, -0.25) is 19.6 Å². The average Bonchev–Trinajstić information content (AvgIpc) is 2.00. The number of hydrogen-bond donors (Lipinski definition) is 2. The smallest absolute Gasteiger partial charge is 0.181 e. The lowest BCUT2D eigenvalue weighted by molar-refractivity contribution is -0.279. The Morgan fingerprint density at radius 3 is 1.69 bits per heavy atom. The first-order valence-corrected chi connectivity index (χ1v) is 4.53. The van der Waals surface area contributed by atoms with E-state index in [0.717, 1.165) is 33.3 Å². The summed E-state index contributed by atoms with van der Waals surface area (Å²) in [5.74, 6) is 0. The van der Waals surface area contributed by atoms with Crippen LogP contribution in [0.2, 0.25) is 0 Å². The zero-order chi connectivity index (χ0) is 9.00. The van der Waals surface area contributed by atoms with Gasteiger partial charge in [0, 0.05) is 0 Å². The van der Waals surface area contributed by atoms with Crippen LogP contribution in [0.15, 0.2) is 0 Å². The summed E-state index contributed by atoms with van der Waals surface area (Å²) in [5.41, 5.74) is 0. The van der Waals surface area contributed by atoms with Crippen molar-refractivity contribution < 1.29 is 10.2 Å². The minimum Gasteiger partial charge on any atom is -0.366 e. The molecule has 4 aliphatic heterocycles. The first-order valence-electron chi connectivity index (χ1n) is 4.53. The maximum atomic E-state index is 9.22. The monoisotopic (exact) mass is 186 g/mol. The Kier molecular flexibility index (Phi) is 1.64. The number of aliphatic hydroxyl groups excluding tert-OH is 1. The molecule has 0 amide bonds. The van der Waals surface area contributed by atoms with Crippen LogP contribution in [0.1, 0.15) is 0 Å². The second kappa shape index (κ2) is 2.63. The Hall–Kier alpha value is -0.240. The molecule has 0 aromatic rings. The first kappa shape index (κ1) is 8.10. The lowest BCUT2D eigenvalue weighted by Gasteiger charge is -2.60.